The molecule has 0 fully saturated rings. The molecule has 0 radical (unpaired) electrons. The van der Waals surface area contributed by atoms with Crippen molar-refractivity contribution in [3.8, 4) is 0 Å². The zero-order chi connectivity index (χ0) is 16.6. The number of aryl methyl sites for hydroxylation is 2. The van der Waals surface area contributed by atoms with Gasteiger partial charge in [0.25, 0.3) is 0 Å². The third kappa shape index (κ3) is 2.69. The van der Waals surface area contributed by atoms with Gasteiger partial charge >= 0.3 is 0 Å². The van der Waals surface area contributed by atoms with Gasteiger partial charge in [0.15, 0.2) is 11.6 Å². The first-order chi connectivity index (χ1) is 11.1. The van der Waals surface area contributed by atoms with Crippen molar-refractivity contribution in [3.63, 3.8) is 0 Å². The summed E-state index contributed by atoms with van der Waals surface area (Å²) in [7, 11) is 0. The molecule has 0 aliphatic heterocycles. The van der Waals surface area contributed by atoms with Crippen LogP contribution >= 0.6 is 0 Å². The fourth-order valence-electron chi connectivity index (χ4n) is 3.19. The van der Waals surface area contributed by atoms with Crippen molar-refractivity contribution in [2.75, 3.05) is 0 Å². The van der Waals surface area contributed by atoms with Crippen LogP contribution in [0.1, 0.15) is 48.1 Å². The highest BCUT2D eigenvalue weighted by atomic mass is 19.2. The lowest BCUT2D eigenvalue weighted by Gasteiger charge is -2.19. The molecular weight excluding hydrogens is 297 g/mol. The van der Waals surface area contributed by atoms with Gasteiger partial charge in [-0.15, -0.1) is 0 Å². The number of rotatable bonds is 3. The van der Waals surface area contributed by atoms with Crippen LogP contribution in [0.3, 0.4) is 0 Å². The van der Waals surface area contributed by atoms with Crippen molar-refractivity contribution in [1.29, 1.82) is 0 Å². The Kier molecular flexibility index (Phi) is 4.29. The summed E-state index contributed by atoms with van der Waals surface area (Å²) in [5.74, 6) is -1.73. The minimum Gasteiger partial charge on any atom is -0.206 e. The Hall–Kier alpha value is -2.03. The molecule has 0 unspecified atom stereocenters. The molecule has 0 bridgehead atoms. The van der Waals surface area contributed by atoms with Crippen LogP contribution in [-0.4, -0.2) is 0 Å². The molecule has 0 nitrogen and oxygen atoms in total. The van der Waals surface area contributed by atoms with Crippen LogP contribution in [0.4, 0.5) is 13.2 Å². The number of allylic oxidation sites excluding steroid dienone is 1. The van der Waals surface area contributed by atoms with Crippen molar-refractivity contribution in [1.82, 2.24) is 0 Å². The maximum atomic E-state index is 14.4. The molecule has 120 valence electrons. The molecule has 0 aromatic heterocycles. The van der Waals surface area contributed by atoms with Crippen LogP contribution in [-0.2, 0) is 19.3 Å². The lowest BCUT2D eigenvalue weighted by molar-refractivity contribution is 0.497. The van der Waals surface area contributed by atoms with Crippen LogP contribution in [0.5, 0.6) is 0 Å². The topological polar surface area (TPSA) is 0 Å². The number of halogens is 3. The van der Waals surface area contributed by atoms with E-state index >= 15 is 0 Å². The van der Waals surface area contributed by atoms with Crippen LogP contribution in [0.25, 0.3) is 11.6 Å². The molecule has 2 aromatic rings. The Labute approximate surface area is 134 Å². The van der Waals surface area contributed by atoms with Crippen LogP contribution in [0, 0.1) is 17.5 Å². The van der Waals surface area contributed by atoms with Gasteiger partial charge in [0.2, 0.25) is 0 Å². The first-order valence-electron chi connectivity index (χ1n) is 8.04. The summed E-state index contributed by atoms with van der Waals surface area (Å²) in [6.07, 6.45) is 3.91. The standard InChI is InChI=1S/C20H19F3/c1-3-12-5-6-14-11-15(8-10-16(14)18(12)21)17-9-7-13(4-2)19(22)20(17)23/h5-7,9,11H,3-4,8,10H2,1-2H3. The number of fused-ring (bicyclic) bond motifs is 1. The van der Waals surface area contributed by atoms with Crippen molar-refractivity contribution in [3.05, 3.63) is 69.5 Å². The number of hydrogen-bond donors (Lipinski definition) is 0. The van der Waals surface area contributed by atoms with Gasteiger partial charge in [-0.3, -0.25) is 0 Å². The van der Waals surface area contributed by atoms with E-state index in [1.807, 2.05) is 13.0 Å². The van der Waals surface area contributed by atoms with E-state index in [9.17, 15) is 13.2 Å². The summed E-state index contributed by atoms with van der Waals surface area (Å²) in [6, 6.07) is 6.89. The highest BCUT2D eigenvalue weighted by Crippen LogP contribution is 2.34. The third-order valence-corrected chi connectivity index (χ3v) is 4.60. The van der Waals surface area contributed by atoms with E-state index in [0.717, 1.165) is 11.1 Å². The smallest absolute Gasteiger partial charge is 0.166 e. The van der Waals surface area contributed by atoms with Crippen molar-refractivity contribution < 1.29 is 13.2 Å². The van der Waals surface area contributed by atoms with E-state index in [4.69, 9.17) is 0 Å². The summed E-state index contributed by atoms with van der Waals surface area (Å²) < 4.78 is 42.7. The van der Waals surface area contributed by atoms with Gasteiger partial charge in [0, 0.05) is 5.56 Å². The van der Waals surface area contributed by atoms with E-state index in [1.165, 1.54) is 0 Å². The zero-order valence-electron chi connectivity index (χ0n) is 13.3. The van der Waals surface area contributed by atoms with E-state index < -0.39 is 11.6 Å². The largest absolute Gasteiger partial charge is 0.206 e. The van der Waals surface area contributed by atoms with Crippen molar-refractivity contribution in [2.45, 2.75) is 39.5 Å². The van der Waals surface area contributed by atoms with E-state index in [-0.39, 0.29) is 11.4 Å². The normalized spacial score (nSPS) is 13.7. The number of benzene rings is 2. The van der Waals surface area contributed by atoms with Gasteiger partial charge in [0.05, 0.1) is 0 Å². The first-order valence-corrected chi connectivity index (χ1v) is 8.04. The molecule has 0 atom stereocenters. The molecule has 1 aliphatic carbocycles. The summed E-state index contributed by atoms with van der Waals surface area (Å²) >= 11 is 0. The Balaban J connectivity index is 2.07. The Morgan fingerprint density at radius 2 is 1.43 bits per heavy atom. The monoisotopic (exact) mass is 316 g/mol. The molecule has 3 heteroatoms. The van der Waals surface area contributed by atoms with Gasteiger partial charge in [0.1, 0.15) is 5.82 Å². The first kappa shape index (κ1) is 15.9. The zero-order valence-corrected chi connectivity index (χ0v) is 13.3. The Morgan fingerprint density at radius 3 is 2.13 bits per heavy atom. The summed E-state index contributed by atoms with van der Waals surface area (Å²) in [6.45, 7) is 3.71. The molecule has 3 rings (SSSR count). The molecule has 23 heavy (non-hydrogen) atoms. The lowest BCUT2D eigenvalue weighted by atomic mass is 9.86. The molecule has 0 saturated heterocycles. The molecule has 0 saturated carbocycles. The number of hydrogen-bond acceptors (Lipinski definition) is 0. The fourth-order valence-corrected chi connectivity index (χ4v) is 3.19. The predicted octanol–water partition coefficient (Wildman–Crippen LogP) is 5.72. The SMILES string of the molecule is CCc1ccc(C2=Cc3ccc(CC)c(F)c3CC2)c(F)c1F. The fraction of sp³-hybridized carbons (Fsp3) is 0.300. The van der Waals surface area contributed by atoms with Crippen molar-refractivity contribution in [2.24, 2.45) is 0 Å². The van der Waals surface area contributed by atoms with Crippen LogP contribution < -0.4 is 0 Å². The maximum Gasteiger partial charge on any atom is 0.166 e. The Bertz CT molecular complexity index is 788. The second-order valence-corrected chi connectivity index (χ2v) is 5.88. The van der Waals surface area contributed by atoms with E-state index in [0.29, 0.717) is 42.4 Å². The van der Waals surface area contributed by atoms with Crippen LogP contribution in [0.15, 0.2) is 24.3 Å². The summed E-state index contributed by atoms with van der Waals surface area (Å²) in [4.78, 5) is 0. The van der Waals surface area contributed by atoms with Crippen molar-refractivity contribution >= 4 is 11.6 Å². The molecule has 0 amide bonds. The summed E-state index contributed by atoms with van der Waals surface area (Å²) in [5, 5.41) is 0. The van der Waals surface area contributed by atoms with Gasteiger partial charge < -0.3 is 0 Å². The molecule has 0 N–H and O–H groups in total. The van der Waals surface area contributed by atoms with Gasteiger partial charge in [-0.05, 0) is 53.5 Å². The quantitative estimate of drug-likeness (QED) is 0.680. The third-order valence-electron chi connectivity index (χ3n) is 4.60. The average molecular weight is 316 g/mol. The molecule has 0 spiro atoms. The molecule has 1 aliphatic rings. The molecule has 2 aromatic carbocycles. The minimum atomic E-state index is -0.801. The summed E-state index contributed by atoms with van der Waals surface area (Å²) in [5.41, 5.74) is 3.52. The second-order valence-electron chi connectivity index (χ2n) is 5.88. The van der Waals surface area contributed by atoms with Gasteiger partial charge in [-0.2, -0.15) is 0 Å². The predicted molar refractivity (Wildman–Crippen MR) is 87.7 cm³/mol. The average Bonchev–Trinajstić information content (AvgIpc) is 2.57. The highest BCUT2D eigenvalue weighted by Gasteiger charge is 2.21. The molecule has 0 heterocycles. The minimum absolute atomic E-state index is 0.159. The van der Waals surface area contributed by atoms with Gasteiger partial charge in [-0.1, -0.05) is 44.2 Å². The van der Waals surface area contributed by atoms with E-state index in [2.05, 4.69) is 0 Å². The second kappa shape index (κ2) is 6.23. The Morgan fingerprint density at radius 1 is 0.783 bits per heavy atom. The highest BCUT2D eigenvalue weighted by molar-refractivity contribution is 5.84. The van der Waals surface area contributed by atoms with E-state index in [1.54, 1.807) is 31.2 Å². The lowest BCUT2D eigenvalue weighted by Crippen LogP contribution is -2.06. The molecular formula is C20H19F3. The van der Waals surface area contributed by atoms with Crippen LogP contribution in [0.2, 0.25) is 0 Å². The maximum absolute atomic E-state index is 14.4. The van der Waals surface area contributed by atoms with Gasteiger partial charge in [-0.25, -0.2) is 13.2 Å².